The van der Waals surface area contributed by atoms with E-state index in [1.54, 1.807) is 6.20 Å². The number of rotatable bonds is 4. The summed E-state index contributed by atoms with van der Waals surface area (Å²) in [5.41, 5.74) is 4.00. The quantitative estimate of drug-likeness (QED) is 0.790. The van der Waals surface area contributed by atoms with Gasteiger partial charge >= 0.3 is 0 Å². The Kier molecular flexibility index (Phi) is 2.52. The molecule has 2 aromatic heterocycles. The van der Waals surface area contributed by atoms with Crippen molar-refractivity contribution in [2.45, 2.75) is 25.3 Å². The molecule has 1 N–H and O–H groups in total. The molecule has 0 aliphatic heterocycles. The number of hydrogen-bond donors (Lipinski definition) is 1. The number of hydrogen-bond acceptors (Lipinski definition) is 4. The Hall–Kier alpha value is -2.30. The molecule has 0 bridgehead atoms. The summed E-state index contributed by atoms with van der Waals surface area (Å²) < 4.78 is 7.63. The highest BCUT2D eigenvalue weighted by atomic mass is 16.3. The standard InChI is InChI=1S/C15H16N4O/c1-19-12(6-7-17-19)9-16-11-4-5-14-13(8-11)18-15(20-14)10-2-3-10/h4-8,10,16H,2-3,9H2,1H3. The summed E-state index contributed by atoms with van der Waals surface area (Å²) in [7, 11) is 1.94. The minimum atomic E-state index is 0.549. The average molecular weight is 268 g/mol. The predicted molar refractivity (Wildman–Crippen MR) is 76.5 cm³/mol. The molecule has 5 nitrogen and oxygen atoms in total. The van der Waals surface area contributed by atoms with Crippen molar-refractivity contribution in [3.8, 4) is 0 Å². The number of aryl methyl sites for hydroxylation is 1. The van der Waals surface area contributed by atoms with E-state index < -0.39 is 0 Å². The van der Waals surface area contributed by atoms with Crippen LogP contribution in [-0.2, 0) is 13.6 Å². The van der Waals surface area contributed by atoms with Crippen LogP contribution in [-0.4, -0.2) is 14.8 Å². The van der Waals surface area contributed by atoms with Gasteiger partial charge in [0.15, 0.2) is 11.5 Å². The number of fused-ring (bicyclic) bond motifs is 1. The van der Waals surface area contributed by atoms with Crippen molar-refractivity contribution < 1.29 is 4.42 Å². The highest BCUT2D eigenvalue weighted by Crippen LogP contribution is 2.40. The largest absolute Gasteiger partial charge is 0.440 e. The van der Waals surface area contributed by atoms with Crippen molar-refractivity contribution in [2.75, 3.05) is 5.32 Å². The van der Waals surface area contributed by atoms with Gasteiger partial charge in [0.05, 0.1) is 12.2 Å². The van der Waals surface area contributed by atoms with Crippen LogP contribution < -0.4 is 5.32 Å². The minimum absolute atomic E-state index is 0.549. The fraction of sp³-hybridized carbons (Fsp3) is 0.333. The van der Waals surface area contributed by atoms with Gasteiger partial charge in [0.1, 0.15) is 5.52 Å². The van der Waals surface area contributed by atoms with Gasteiger partial charge in [0.2, 0.25) is 0 Å². The summed E-state index contributed by atoms with van der Waals surface area (Å²) in [6.07, 6.45) is 4.22. The number of benzene rings is 1. The summed E-state index contributed by atoms with van der Waals surface area (Å²) in [5, 5.41) is 7.55. The van der Waals surface area contributed by atoms with Crippen LogP contribution in [0.3, 0.4) is 0 Å². The Morgan fingerprint density at radius 3 is 3.00 bits per heavy atom. The maximum absolute atomic E-state index is 5.76. The SMILES string of the molecule is Cn1nccc1CNc1ccc2oc(C3CC3)nc2c1. The van der Waals surface area contributed by atoms with Crippen LogP contribution in [0.2, 0.25) is 0 Å². The van der Waals surface area contributed by atoms with Crippen molar-refractivity contribution in [1.82, 2.24) is 14.8 Å². The van der Waals surface area contributed by atoms with E-state index in [-0.39, 0.29) is 0 Å². The highest BCUT2D eigenvalue weighted by Gasteiger charge is 2.28. The molecule has 4 rings (SSSR count). The van der Waals surface area contributed by atoms with Crippen molar-refractivity contribution in [2.24, 2.45) is 7.05 Å². The first-order valence-corrected chi connectivity index (χ1v) is 6.91. The van der Waals surface area contributed by atoms with Gasteiger partial charge in [-0.15, -0.1) is 0 Å². The van der Waals surface area contributed by atoms with E-state index in [1.165, 1.54) is 12.8 Å². The average Bonchev–Trinajstić information content (AvgIpc) is 3.09. The highest BCUT2D eigenvalue weighted by molar-refractivity contribution is 5.77. The molecule has 1 saturated carbocycles. The monoisotopic (exact) mass is 268 g/mol. The third kappa shape index (κ3) is 2.05. The van der Waals surface area contributed by atoms with Crippen molar-refractivity contribution >= 4 is 16.8 Å². The zero-order chi connectivity index (χ0) is 13.5. The van der Waals surface area contributed by atoms with Crippen LogP contribution in [0.25, 0.3) is 11.1 Å². The molecule has 0 unspecified atom stereocenters. The van der Waals surface area contributed by atoms with Crippen LogP contribution in [0, 0.1) is 0 Å². The predicted octanol–water partition coefficient (Wildman–Crippen LogP) is 3.05. The molecule has 0 atom stereocenters. The fourth-order valence-electron chi connectivity index (χ4n) is 2.33. The lowest BCUT2D eigenvalue weighted by atomic mass is 10.3. The Bertz CT molecular complexity index is 754. The molecule has 1 aromatic carbocycles. The molecule has 20 heavy (non-hydrogen) atoms. The molecule has 0 saturated heterocycles. The van der Waals surface area contributed by atoms with E-state index in [0.29, 0.717) is 5.92 Å². The van der Waals surface area contributed by atoms with Crippen LogP contribution >= 0.6 is 0 Å². The van der Waals surface area contributed by atoms with E-state index in [0.717, 1.165) is 34.9 Å². The third-order valence-electron chi connectivity index (χ3n) is 3.73. The molecule has 102 valence electrons. The molecule has 1 aliphatic carbocycles. The Morgan fingerprint density at radius 1 is 1.35 bits per heavy atom. The number of oxazole rings is 1. The van der Waals surface area contributed by atoms with E-state index in [1.807, 2.05) is 36.0 Å². The van der Waals surface area contributed by atoms with E-state index in [4.69, 9.17) is 4.42 Å². The summed E-state index contributed by atoms with van der Waals surface area (Å²) in [6.45, 7) is 0.745. The number of anilines is 1. The lowest BCUT2D eigenvalue weighted by Gasteiger charge is -2.06. The second-order valence-corrected chi connectivity index (χ2v) is 5.31. The van der Waals surface area contributed by atoms with Crippen molar-refractivity contribution in [3.05, 3.63) is 42.0 Å². The Morgan fingerprint density at radius 2 is 2.25 bits per heavy atom. The molecule has 1 fully saturated rings. The van der Waals surface area contributed by atoms with Crippen LogP contribution in [0.15, 0.2) is 34.9 Å². The fourth-order valence-corrected chi connectivity index (χ4v) is 2.33. The summed E-state index contributed by atoms with van der Waals surface area (Å²) >= 11 is 0. The second-order valence-electron chi connectivity index (χ2n) is 5.31. The first-order valence-electron chi connectivity index (χ1n) is 6.91. The van der Waals surface area contributed by atoms with E-state index >= 15 is 0 Å². The maximum atomic E-state index is 5.76. The number of nitrogens with zero attached hydrogens (tertiary/aromatic N) is 3. The number of aromatic nitrogens is 3. The molecule has 0 radical (unpaired) electrons. The van der Waals surface area contributed by atoms with Crippen molar-refractivity contribution in [3.63, 3.8) is 0 Å². The molecule has 1 aliphatic rings. The zero-order valence-corrected chi connectivity index (χ0v) is 11.3. The van der Waals surface area contributed by atoms with Gasteiger partial charge in [-0.3, -0.25) is 4.68 Å². The van der Waals surface area contributed by atoms with Gasteiger partial charge in [-0.2, -0.15) is 5.10 Å². The molecule has 5 heteroatoms. The summed E-state index contributed by atoms with van der Waals surface area (Å²) in [6, 6.07) is 8.06. The van der Waals surface area contributed by atoms with Gasteiger partial charge < -0.3 is 9.73 Å². The molecule has 3 aromatic rings. The molecular formula is C15H16N4O. The maximum Gasteiger partial charge on any atom is 0.198 e. The number of nitrogens with one attached hydrogen (secondary N) is 1. The Labute approximate surface area is 116 Å². The lowest BCUT2D eigenvalue weighted by molar-refractivity contribution is 0.533. The smallest absolute Gasteiger partial charge is 0.198 e. The van der Waals surface area contributed by atoms with E-state index in [2.05, 4.69) is 15.4 Å². The minimum Gasteiger partial charge on any atom is -0.440 e. The summed E-state index contributed by atoms with van der Waals surface area (Å²) in [5.74, 6) is 1.44. The molecular weight excluding hydrogens is 252 g/mol. The van der Waals surface area contributed by atoms with Crippen LogP contribution in [0.1, 0.15) is 30.3 Å². The van der Waals surface area contributed by atoms with Gasteiger partial charge in [0.25, 0.3) is 0 Å². The first-order chi connectivity index (χ1) is 9.79. The topological polar surface area (TPSA) is 55.9 Å². The van der Waals surface area contributed by atoms with Gasteiger partial charge in [-0.1, -0.05) is 0 Å². The van der Waals surface area contributed by atoms with Gasteiger partial charge in [-0.05, 0) is 37.1 Å². The van der Waals surface area contributed by atoms with Gasteiger partial charge in [-0.25, -0.2) is 4.98 Å². The van der Waals surface area contributed by atoms with E-state index in [9.17, 15) is 0 Å². The van der Waals surface area contributed by atoms with Crippen molar-refractivity contribution in [1.29, 1.82) is 0 Å². The third-order valence-corrected chi connectivity index (χ3v) is 3.73. The normalized spacial score (nSPS) is 14.8. The summed E-state index contributed by atoms with van der Waals surface area (Å²) in [4.78, 5) is 4.57. The molecule has 2 heterocycles. The second kappa shape index (κ2) is 4.37. The molecule has 0 spiro atoms. The van der Waals surface area contributed by atoms with Crippen LogP contribution in [0.4, 0.5) is 5.69 Å². The molecule has 0 amide bonds. The first kappa shape index (κ1) is 11.5. The van der Waals surface area contributed by atoms with Gasteiger partial charge in [0, 0.05) is 24.8 Å². The van der Waals surface area contributed by atoms with Crippen LogP contribution in [0.5, 0.6) is 0 Å². The Balaban J connectivity index is 1.55. The lowest BCUT2D eigenvalue weighted by Crippen LogP contribution is -2.05. The zero-order valence-electron chi connectivity index (χ0n) is 11.3.